The zero-order valence-electron chi connectivity index (χ0n) is 34.0. The van der Waals surface area contributed by atoms with Gasteiger partial charge in [-0.3, -0.25) is 48.9 Å². The molecule has 0 heterocycles. The Bertz CT molecular complexity index is 1510. The Morgan fingerprint density at radius 3 is 0.983 bits per heavy atom. The maximum absolute atomic E-state index is 14.0. The molecule has 5 amide bonds. The van der Waals surface area contributed by atoms with Crippen LogP contribution in [-0.2, 0) is 28.8 Å². The van der Waals surface area contributed by atoms with Gasteiger partial charge in [0.25, 0.3) is 0 Å². The van der Waals surface area contributed by atoms with Crippen LogP contribution < -0.4 is 83.9 Å². The topological polar surface area (TPSA) is 485 Å². The highest BCUT2D eigenvalue weighted by Gasteiger charge is 2.31. The number of aldehydes is 1. The van der Waals surface area contributed by atoms with Crippen molar-refractivity contribution in [3.05, 3.63) is 0 Å². The maximum Gasteiger partial charge on any atom is 0.243 e. The van der Waals surface area contributed by atoms with Gasteiger partial charge in [-0.1, -0.05) is 0 Å². The molecule has 0 aromatic heterocycles. The summed E-state index contributed by atoms with van der Waals surface area (Å²) in [5.41, 5.74) is 54.1. The fraction of sp³-hybridized carbons (Fsp3) is 0.656. The van der Waals surface area contributed by atoms with Gasteiger partial charge in [0.05, 0.1) is 6.04 Å². The first kappa shape index (κ1) is 49.4. The van der Waals surface area contributed by atoms with Gasteiger partial charge in [-0.15, -0.1) is 0 Å². The van der Waals surface area contributed by atoms with Gasteiger partial charge in [0.15, 0.2) is 31.2 Å². The van der Waals surface area contributed by atoms with Gasteiger partial charge in [-0.05, 0) is 64.2 Å². The quantitative estimate of drug-likeness (QED) is 0.0138. The number of nitrogens with one attached hydrogen (secondary N) is 5. The Kier molecular flexibility index (Phi) is 25.2. The second-order valence-corrected chi connectivity index (χ2v) is 12.9. The third-order valence-corrected chi connectivity index (χ3v) is 7.76. The van der Waals surface area contributed by atoms with Crippen LogP contribution in [0.4, 0.5) is 0 Å². The first-order valence-electron chi connectivity index (χ1n) is 19.0. The van der Waals surface area contributed by atoms with Crippen molar-refractivity contribution in [1.29, 1.82) is 0 Å². The smallest absolute Gasteiger partial charge is 0.243 e. The van der Waals surface area contributed by atoms with Crippen LogP contribution in [0.15, 0.2) is 25.0 Å². The molecule has 25 N–H and O–H groups in total. The number of carbonyl (C=O) groups excluding carboxylic acids is 6. The molecule has 0 unspecified atom stereocenters. The van der Waals surface area contributed by atoms with Gasteiger partial charge < -0.3 is 88.7 Å². The predicted molar refractivity (Wildman–Crippen MR) is 221 cm³/mol. The molecular formula is C32H64N20O6. The zero-order valence-corrected chi connectivity index (χ0v) is 33.0. The minimum absolute atomic E-state index is 0.0204. The summed E-state index contributed by atoms with van der Waals surface area (Å²) in [5.74, 6) is -4.78. The number of nitrogens with two attached hydrogens (primary N) is 10. The second-order valence-electron chi connectivity index (χ2n) is 12.9. The number of aliphatic imine (C=N–C) groups is 5. The number of hydrogen-bond acceptors (Lipinski definition) is 11. The first-order valence-corrected chi connectivity index (χ1v) is 18.5. The average molecular weight is 826 g/mol. The van der Waals surface area contributed by atoms with Crippen LogP contribution in [0.25, 0.3) is 0 Å². The van der Waals surface area contributed by atoms with Gasteiger partial charge in [0.1, 0.15) is 30.5 Å². The minimum Gasteiger partial charge on any atom is -0.370 e. The number of carbonyl (C=O) groups is 6. The molecule has 0 aromatic carbocycles. The van der Waals surface area contributed by atoms with Gasteiger partial charge >= 0.3 is 0 Å². The average Bonchev–Trinajstić information content (AvgIpc) is 3.14. The van der Waals surface area contributed by atoms with E-state index >= 15 is 0 Å². The molecule has 0 saturated heterocycles. The number of nitrogens with zero attached hydrogens (tertiary/aromatic N) is 5. The lowest BCUT2D eigenvalue weighted by molar-refractivity contribution is -0.135. The van der Waals surface area contributed by atoms with E-state index in [1.807, 2.05) is 0 Å². The van der Waals surface area contributed by atoms with Crippen molar-refractivity contribution in [2.75, 3.05) is 32.7 Å². The lowest BCUT2D eigenvalue weighted by Gasteiger charge is -2.27. The Morgan fingerprint density at radius 2 is 0.724 bits per heavy atom. The summed E-state index contributed by atoms with van der Waals surface area (Å²) >= 11 is 0. The molecule has 0 aliphatic heterocycles. The molecule has 0 aliphatic carbocycles. The number of amides is 5. The fourth-order valence-corrected chi connectivity index (χ4v) is 5.07. The number of guanidine groups is 5. The molecule has 0 spiro atoms. The standard InChI is InChI=1S/C32H64N20O6/c1-18(54)48-20(8-3-13-44-29(35)36)25(56)51-22(10-5-15-46-31(39)40)27(58)52-23(11-6-16-47-32(41)42)26(57)50-21(9-4-14-45-30(37)38)24(55)49-19(17-53)7-2-12-43-28(33)34/h17,19-23H,2-16H2,1H3,(H,48,54)(H,49,55)(H,50,57)(H,51,56)(H,52,58)(H4,33,34,43)(H4,35,36,44)(H4,37,38,45)(H4,39,40,46)(H4,41,42,47)/t19-,20-,21-,22-,23-/m1/s1/i/hD. The van der Waals surface area contributed by atoms with E-state index in [4.69, 9.17) is 58.7 Å². The van der Waals surface area contributed by atoms with Gasteiger partial charge in [0.2, 0.25) is 29.5 Å². The Morgan fingerprint density at radius 1 is 0.466 bits per heavy atom. The van der Waals surface area contributed by atoms with Crippen molar-refractivity contribution in [3.63, 3.8) is 0 Å². The molecular weight excluding hydrogens is 760 g/mol. The Hall–Kier alpha value is -6.63. The predicted octanol–water partition coefficient (Wildman–Crippen LogP) is -7.10. The van der Waals surface area contributed by atoms with Crippen LogP contribution in [0.2, 0.25) is 1.41 Å². The van der Waals surface area contributed by atoms with E-state index in [-0.39, 0.29) is 120 Å². The highest BCUT2D eigenvalue weighted by molar-refractivity contribution is 5.95. The molecule has 0 rings (SSSR count). The van der Waals surface area contributed by atoms with Crippen molar-refractivity contribution in [1.82, 2.24) is 26.6 Å². The monoisotopic (exact) mass is 826 g/mol. The molecule has 0 radical (unpaired) electrons. The molecule has 0 fully saturated rings. The van der Waals surface area contributed by atoms with Crippen LogP contribution >= 0.6 is 0 Å². The molecule has 0 aromatic rings. The van der Waals surface area contributed by atoms with Crippen LogP contribution in [0, 0.1) is 0 Å². The summed E-state index contributed by atoms with van der Waals surface area (Å²) in [6, 6.07) is -6.34. The summed E-state index contributed by atoms with van der Waals surface area (Å²) in [5, 5.41) is 10.8. The Balaban J connectivity index is 6.60. The molecule has 0 bridgehead atoms. The van der Waals surface area contributed by atoms with Crippen molar-refractivity contribution in [2.45, 2.75) is 101 Å². The van der Waals surface area contributed by atoms with Crippen LogP contribution in [-0.4, -0.2) is 129 Å². The molecule has 0 saturated carbocycles. The largest absolute Gasteiger partial charge is 0.370 e. The highest BCUT2D eigenvalue weighted by Crippen LogP contribution is 2.08. The third kappa shape index (κ3) is 26.2. The van der Waals surface area contributed by atoms with E-state index in [0.717, 1.165) is 0 Å². The SMILES string of the molecule is [2H]N(C(=O)[C@@H](CCCN=C(N)N)NC(=O)[C@@H](CCCN=C(N)N)NC(=O)[C@@H](CCCN=C(N)N)NC(=O)[C@@H](CCCN=C(N)N)NC(C)=O)[C@@H](C=O)CCCN=C(N)N. The number of rotatable bonds is 30. The third-order valence-electron chi connectivity index (χ3n) is 7.76. The highest BCUT2D eigenvalue weighted by atomic mass is 16.2. The zero-order chi connectivity index (χ0) is 44.9. The van der Waals surface area contributed by atoms with Crippen molar-refractivity contribution < 1.29 is 30.2 Å². The summed E-state index contributed by atoms with van der Waals surface area (Å²) in [7, 11) is 0. The summed E-state index contributed by atoms with van der Waals surface area (Å²) in [4.78, 5) is 98.4. The van der Waals surface area contributed by atoms with Gasteiger partial charge in [-0.2, -0.15) is 0 Å². The van der Waals surface area contributed by atoms with Gasteiger partial charge in [-0.25, -0.2) is 0 Å². The molecule has 58 heavy (non-hydrogen) atoms. The lowest BCUT2D eigenvalue weighted by atomic mass is 10.0. The molecule has 328 valence electrons. The summed E-state index contributed by atoms with van der Waals surface area (Å²) in [6.07, 6.45) is 1.44. The molecule has 26 nitrogen and oxygen atoms in total. The van der Waals surface area contributed by atoms with E-state index in [1.54, 1.807) is 0 Å². The van der Waals surface area contributed by atoms with E-state index in [1.165, 1.54) is 6.92 Å². The molecule has 0 aliphatic rings. The van der Waals surface area contributed by atoms with Crippen LogP contribution in [0.1, 0.15) is 71.1 Å². The normalized spacial score (nSPS) is 13.2. The maximum atomic E-state index is 14.0. The van der Waals surface area contributed by atoms with Crippen molar-refractivity contribution in [2.24, 2.45) is 82.3 Å². The fourth-order valence-electron chi connectivity index (χ4n) is 5.07. The second kappa shape index (κ2) is 29.6. The summed E-state index contributed by atoms with van der Waals surface area (Å²) < 4.78 is 8.48. The molecule has 26 heteroatoms. The molecule has 5 atom stereocenters. The first-order chi connectivity index (χ1) is 27.8. The van der Waals surface area contributed by atoms with E-state index in [2.05, 4.69) is 46.2 Å². The van der Waals surface area contributed by atoms with Gasteiger partial charge in [0, 0.05) is 39.6 Å². The van der Waals surface area contributed by atoms with Crippen LogP contribution in [0.5, 0.6) is 0 Å². The van der Waals surface area contributed by atoms with E-state index in [9.17, 15) is 28.8 Å². The van der Waals surface area contributed by atoms with E-state index in [0.29, 0.717) is 18.0 Å². The van der Waals surface area contributed by atoms with E-state index < -0.39 is 59.7 Å². The summed E-state index contributed by atoms with van der Waals surface area (Å²) in [6.45, 7) is 1.72. The van der Waals surface area contributed by atoms with Crippen molar-refractivity contribution in [3.8, 4) is 0 Å². The number of hydrogen-bond donors (Lipinski definition) is 15. The van der Waals surface area contributed by atoms with Crippen molar-refractivity contribution >= 4 is 65.6 Å². The minimum atomic E-state index is -1.39. The lowest BCUT2D eigenvalue weighted by Crippen LogP contribution is -2.58. The Labute approximate surface area is 338 Å². The van der Waals surface area contributed by atoms with Crippen LogP contribution in [0.3, 0.4) is 0 Å².